The number of rotatable bonds is 3. The lowest BCUT2D eigenvalue weighted by atomic mass is 10.1. The summed E-state index contributed by atoms with van der Waals surface area (Å²) in [6.07, 6.45) is 4.09. The normalized spacial score (nSPS) is 23.0. The van der Waals surface area contributed by atoms with E-state index in [9.17, 15) is 15.0 Å². The molecule has 0 aliphatic heterocycles. The average molecular weight is 260 g/mol. The molecule has 2 unspecified atom stereocenters. The number of aromatic carboxylic acids is 1. The number of fused-ring (bicyclic) bond motifs is 1. The van der Waals surface area contributed by atoms with Crippen LogP contribution in [-0.2, 0) is 6.54 Å². The van der Waals surface area contributed by atoms with Crippen LogP contribution in [0.5, 0.6) is 0 Å². The lowest BCUT2D eigenvalue weighted by molar-refractivity contribution is 0.0698. The molecule has 1 aromatic heterocycles. The van der Waals surface area contributed by atoms with Gasteiger partial charge in [0.25, 0.3) is 0 Å². The summed E-state index contributed by atoms with van der Waals surface area (Å²) in [6.45, 7) is 0.720. The fourth-order valence-corrected chi connectivity index (χ4v) is 2.93. The molecule has 100 valence electrons. The molecule has 5 heteroatoms. The Labute approximate surface area is 110 Å². The largest absolute Gasteiger partial charge is 0.478 e. The van der Waals surface area contributed by atoms with E-state index in [4.69, 9.17) is 0 Å². The zero-order valence-corrected chi connectivity index (χ0v) is 10.5. The van der Waals surface area contributed by atoms with Crippen LogP contribution in [0.15, 0.2) is 24.5 Å². The van der Waals surface area contributed by atoms with Crippen molar-refractivity contribution < 1.29 is 15.0 Å². The Bertz CT molecular complexity index is 620. The Morgan fingerprint density at radius 1 is 1.42 bits per heavy atom. The number of carboxylic acid groups (broad SMARTS) is 1. The quantitative estimate of drug-likeness (QED) is 0.883. The first-order valence-corrected chi connectivity index (χ1v) is 6.50. The summed E-state index contributed by atoms with van der Waals surface area (Å²) in [5, 5.41) is 18.8. The van der Waals surface area contributed by atoms with Gasteiger partial charge in [-0.15, -0.1) is 0 Å². The van der Waals surface area contributed by atoms with Crippen LogP contribution in [0.2, 0.25) is 0 Å². The van der Waals surface area contributed by atoms with E-state index in [1.807, 2.05) is 10.6 Å². The zero-order valence-electron chi connectivity index (χ0n) is 10.5. The van der Waals surface area contributed by atoms with Gasteiger partial charge >= 0.3 is 5.97 Å². The molecule has 2 atom stereocenters. The number of carbonyl (C=O) groups is 1. The van der Waals surface area contributed by atoms with Gasteiger partial charge in [0.1, 0.15) is 0 Å². The van der Waals surface area contributed by atoms with Crippen LogP contribution in [0, 0.1) is 5.92 Å². The molecular formula is C14H16N2O3. The molecule has 1 aliphatic carbocycles. The van der Waals surface area contributed by atoms with Crippen molar-refractivity contribution in [3.63, 3.8) is 0 Å². The van der Waals surface area contributed by atoms with E-state index in [2.05, 4.69) is 4.98 Å². The van der Waals surface area contributed by atoms with Crippen molar-refractivity contribution in [1.29, 1.82) is 0 Å². The number of aromatic nitrogens is 2. The maximum atomic E-state index is 11.3. The van der Waals surface area contributed by atoms with Crippen molar-refractivity contribution >= 4 is 17.0 Å². The van der Waals surface area contributed by atoms with Crippen LogP contribution in [0.25, 0.3) is 11.0 Å². The maximum absolute atomic E-state index is 11.3. The van der Waals surface area contributed by atoms with E-state index in [0.717, 1.165) is 25.8 Å². The number of benzene rings is 1. The van der Waals surface area contributed by atoms with Crippen LogP contribution in [0.1, 0.15) is 29.6 Å². The molecule has 19 heavy (non-hydrogen) atoms. The fourth-order valence-electron chi connectivity index (χ4n) is 2.93. The van der Waals surface area contributed by atoms with Gasteiger partial charge in [-0.1, -0.05) is 6.07 Å². The van der Waals surface area contributed by atoms with Gasteiger partial charge in [-0.3, -0.25) is 0 Å². The molecular weight excluding hydrogens is 244 g/mol. The molecule has 1 aliphatic rings. The Balaban J connectivity index is 1.97. The Kier molecular flexibility index (Phi) is 2.98. The Morgan fingerprint density at radius 2 is 2.26 bits per heavy atom. The van der Waals surface area contributed by atoms with Gasteiger partial charge in [-0.05, 0) is 37.3 Å². The minimum absolute atomic E-state index is 0.210. The Hall–Kier alpha value is -1.88. The summed E-state index contributed by atoms with van der Waals surface area (Å²) in [5.41, 5.74) is 1.67. The van der Waals surface area contributed by atoms with Crippen molar-refractivity contribution in [2.75, 3.05) is 0 Å². The maximum Gasteiger partial charge on any atom is 0.337 e. The lowest BCUT2D eigenvalue weighted by Gasteiger charge is -2.12. The van der Waals surface area contributed by atoms with E-state index in [-0.39, 0.29) is 11.7 Å². The smallest absolute Gasteiger partial charge is 0.337 e. The van der Waals surface area contributed by atoms with Crippen LogP contribution in [-0.4, -0.2) is 31.8 Å². The molecule has 3 rings (SSSR count). The van der Waals surface area contributed by atoms with Gasteiger partial charge in [0, 0.05) is 6.54 Å². The monoisotopic (exact) mass is 260 g/mol. The van der Waals surface area contributed by atoms with Gasteiger partial charge in [0.2, 0.25) is 0 Å². The number of para-hydroxylation sites is 1. The highest BCUT2D eigenvalue weighted by atomic mass is 16.4. The topological polar surface area (TPSA) is 75.3 Å². The third-order valence-electron chi connectivity index (χ3n) is 3.84. The summed E-state index contributed by atoms with van der Waals surface area (Å²) in [5.74, 6) is -0.534. The van der Waals surface area contributed by atoms with Crippen molar-refractivity contribution in [3.8, 4) is 0 Å². The number of aliphatic hydroxyl groups is 1. The van der Waals surface area contributed by atoms with Gasteiger partial charge in [0.05, 0.1) is 29.0 Å². The number of carboxylic acids is 1. The highest BCUT2D eigenvalue weighted by molar-refractivity contribution is 6.01. The number of aliphatic hydroxyl groups excluding tert-OH is 1. The van der Waals surface area contributed by atoms with Gasteiger partial charge < -0.3 is 14.8 Å². The number of hydrogen-bond donors (Lipinski definition) is 2. The minimum Gasteiger partial charge on any atom is -0.478 e. The molecule has 1 aromatic carbocycles. The molecule has 1 saturated carbocycles. The second-order valence-electron chi connectivity index (χ2n) is 5.21. The molecule has 0 saturated heterocycles. The summed E-state index contributed by atoms with van der Waals surface area (Å²) in [6, 6.07) is 5.14. The first-order chi connectivity index (χ1) is 9.15. The SMILES string of the molecule is O=C(O)c1cccc2ncn(CC3CCC(O)C3)c12. The first kappa shape index (κ1) is 12.2. The summed E-state index contributed by atoms with van der Waals surface area (Å²) < 4.78 is 1.90. The Morgan fingerprint density at radius 3 is 2.95 bits per heavy atom. The first-order valence-electron chi connectivity index (χ1n) is 6.50. The van der Waals surface area contributed by atoms with E-state index >= 15 is 0 Å². The molecule has 1 heterocycles. The number of imidazole rings is 1. The van der Waals surface area contributed by atoms with Crippen LogP contribution < -0.4 is 0 Å². The summed E-state index contributed by atoms with van der Waals surface area (Å²) in [7, 11) is 0. The second-order valence-corrected chi connectivity index (χ2v) is 5.21. The van der Waals surface area contributed by atoms with Crippen LogP contribution in [0.3, 0.4) is 0 Å². The van der Waals surface area contributed by atoms with Crippen molar-refractivity contribution in [3.05, 3.63) is 30.1 Å². The van der Waals surface area contributed by atoms with Crippen LogP contribution in [0.4, 0.5) is 0 Å². The molecule has 0 amide bonds. The predicted molar refractivity (Wildman–Crippen MR) is 70.0 cm³/mol. The molecule has 0 bridgehead atoms. The van der Waals surface area contributed by atoms with Crippen molar-refractivity contribution in [2.24, 2.45) is 5.92 Å². The molecule has 0 radical (unpaired) electrons. The van der Waals surface area contributed by atoms with Gasteiger partial charge in [-0.25, -0.2) is 9.78 Å². The number of hydrogen-bond acceptors (Lipinski definition) is 3. The van der Waals surface area contributed by atoms with Crippen molar-refractivity contribution in [2.45, 2.75) is 31.9 Å². The van der Waals surface area contributed by atoms with Crippen molar-refractivity contribution in [1.82, 2.24) is 9.55 Å². The molecule has 2 N–H and O–H groups in total. The van der Waals surface area contributed by atoms with Crippen LogP contribution >= 0.6 is 0 Å². The minimum atomic E-state index is -0.932. The highest BCUT2D eigenvalue weighted by Gasteiger charge is 2.24. The highest BCUT2D eigenvalue weighted by Crippen LogP contribution is 2.28. The van der Waals surface area contributed by atoms with E-state index < -0.39 is 5.97 Å². The zero-order chi connectivity index (χ0) is 13.4. The van der Waals surface area contributed by atoms with E-state index in [0.29, 0.717) is 17.0 Å². The third-order valence-corrected chi connectivity index (χ3v) is 3.84. The van der Waals surface area contributed by atoms with Gasteiger partial charge in [-0.2, -0.15) is 0 Å². The predicted octanol–water partition coefficient (Wildman–Crippen LogP) is 1.90. The van der Waals surface area contributed by atoms with Gasteiger partial charge in [0.15, 0.2) is 0 Å². The lowest BCUT2D eigenvalue weighted by Crippen LogP contribution is -2.10. The second kappa shape index (κ2) is 4.66. The summed E-state index contributed by atoms with van der Waals surface area (Å²) >= 11 is 0. The molecule has 0 spiro atoms. The summed E-state index contributed by atoms with van der Waals surface area (Å²) in [4.78, 5) is 15.5. The third kappa shape index (κ3) is 2.21. The number of nitrogens with zero attached hydrogens (tertiary/aromatic N) is 2. The standard InChI is InChI=1S/C14H16N2O3/c17-10-5-4-9(6-10)7-16-8-15-12-3-1-2-11(13(12)16)14(18)19/h1-3,8-10,17H,4-7H2,(H,18,19). The molecule has 2 aromatic rings. The van der Waals surface area contributed by atoms with E-state index in [1.54, 1.807) is 18.5 Å². The average Bonchev–Trinajstić information content (AvgIpc) is 2.97. The molecule has 5 nitrogen and oxygen atoms in total. The fraction of sp³-hybridized carbons (Fsp3) is 0.429. The van der Waals surface area contributed by atoms with E-state index in [1.165, 1.54) is 0 Å². The molecule has 1 fully saturated rings.